The summed E-state index contributed by atoms with van der Waals surface area (Å²) in [6, 6.07) is 14.4. The van der Waals surface area contributed by atoms with E-state index in [1.54, 1.807) is 43.4 Å². The Morgan fingerprint density at radius 1 is 0.548 bits per heavy atom. The molecule has 0 unspecified atom stereocenters. The molecule has 0 saturated heterocycles. The number of aromatic nitrogens is 11. The Labute approximate surface area is 578 Å². The number of pyridine rings is 2. The van der Waals surface area contributed by atoms with Crippen molar-refractivity contribution >= 4 is 23.8 Å². The minimum absolute atomic E-state index is 0. The molecule has 0 N–H and O–H groups in total. The van der Waals surface area contributed by atoms with Crippen molar-refractivity contribution in [1.29, 1.82) is 0 Å². The van der Waals surface area contributed by atoms with Crippen LogP contribution in [0, 0.1) is 49.4 Å². The fourth-order valence-corrected chi connectivity index (χ4v) is 7.64. The van der Waals surface area contributed by atoms with Crippen LogP contribution >= 0.6 is 11.3 Å². The van der Waals surface area contributed by atoms with Crippen LogP contribution in [0.25, 0.3) is 0 Å². The normalized spacial score (nSPS) is 10.8. The van der Waals surface area contributed by atoms with E-state index in [1.165, 1.54) is 41.2 Å². The van der Waals surface area contributed by atoms with Gasteiger partial charge in [0.25, 0.3) is 0 Å². The Morgan fingerprint density at radius 3 is 1.42 bits per heavy atom. The molecule has 16 heteroatoms. The first kappa shape index (κ1) is 105. The van der Waals surface area contributed by atoms with Crippen molar-refractivity contribution in [3.8, 4) is 0 Å². The molecule has 8 rings (SSSR count). The summed E-state index contributed by atoms with van der Waals surface area (Å²) >= 11 is 1.67. The average Bonchev–Trinajstić information content (AvgIpc) is 1.64. The van der Waals surface area contributed by atoms with Crippen LogP contribution in [0.5, 0.6) is 0 Å². The Morgan fingerprint density at radius 2 is 1.08 bits per heavy atom. The zero-order chi connectivity index (χ0) is 64.2. The van der Waals surface area contributed by atoms with E-state index in [0.717, 1.165) is 59.8 Å². The Kier molecular flexibility index (Phi) is 70.9. The third kappa shape index (κ3) is 54.4. The number of oxime groups is 2. The molecule has 1 saturated carbocycles. The molecule has 534 valence electrons. The summed E-state index contributed by atoms with van der Waals surface area (Å²) in [5, 5.41) is 13.4. The van der Waals surface area contributed by atoms with Crippen LogP contribution in [-0.4, -0.2) is 80.8 Å². The number of aryl methyl sites for hydroxylation is 3. The zero-order valence-electron chi connectivity index (χ0n) is 56.6. The molecule has 0 aromatic carbocycles. The van der Waals surface area contributed by atoms with E-state index < -0.39 is 0 Å². The maximum absolute atomic E-state index is 4.71. The van der Waals surface area contributed by atoms with Gasteiger partial charge >= 0.3 is 0 Å². The molecule has 1 aliphatic carbocycles. The van der Waals surface area contributed by atoms with Gasteiger partial charge in [0.2, 0.25) is 0 Å². The molecule has 0 atom stereocenters. The van der Waals surface area contributed by atoms with Gasteiger partial charge in [0, 0.05) is 109 Å². The molecule has 93 heavy (non-hydrogen) atoms. The first-order valence-corrected chi connectivity index (χ1v) is 31.4. The Hall–Kier alpha value is -6.68. The fourth-order valence-electron chi connectivity index (χ4n) is 7.07. The molecule has 7 heterocycles. The molecule has 0 bridgehead atoms. The van der Waals surface area contributed by atoms with E-state index in [1.807, 2.05) is 120 Å². The molecule has 0 amide bonds. The van der Waals surface area contributed by atoms with Crippen molar-refractivity contribution in [2.75, 3.05) is 13.7 Å². The lowest BCUT2D eigenvalue weighted by Crippen LogP contribution is -2.15. The maximum atomic E-state index is 4.71. The lowest BCUT2D eigenvalue weighted by Gasteiger charge is -2.18. The van der Waals surface area contributed by atoms with Gasteiger partial charge in [-0.3, -0.25) is 24.6 Å². The number of hydrogen-bond acceptors (Lipinski definition) is 15. The van der Waals surface area contributed by atoms with Crippen LogP contribution in [0.2, 0.25) is 0 Å². The Bertz CT molecular complexity index is 2610. The maximum Gasteiger partial charge on any atom is 0.130 e. The lowest BCUT2D eigenvalue weighted by atomic mass is 9.89. The van der Waals surface area contributed by atoms with Crippen LogP contribution in [0.3, 0.4) is 0 Å². The second-order valence-electron chi connectivity index (χ2n) is 24.0. The van der Waals surface area contributed by atoms with Gasteiger partial charge in [0.05, 0.1) is 22.6 Å². The van der Waals surface area contributed by atoms with Crippen LogP contribution < -0.4 is 0 Å². The van der Waals surface area contributed by atoms with Crippen molar-refractivity contribution in [3.63, 3.8) is 0 Å². The highest BCUT2D eigenvalue weighted by Gasteiger charge is 2.47. The molecule has 0 spiro atoms. The predicted molar refractivity (Wildman–Crippen MR) is 412 cm³/mol. The van der Waals surface area contributed by atoms with E-state index in [0.29, 0.717) is 47.5 Å². The summed E-state index contributed by atoms with van der Waals surface area (Å²) in [5.41, 5.74) is 11.7. The molecule has 1 aliphatic rings. The third-order valence-electron chi connectivity index (χ3n) is 12.0. The second kappa shape index (κ2) is 62.8. The minimum Gasteiger partial charge on any atom is -0.399 e. The number of hydrogen-bond donors (Lipinski definition) is 0. The molecule has 1 fully saturated rings. The summed E-state index contributed by atoms with van der Waals surface area (Å²) in [4.78, 5) is 46.4. The molecule has 7 aromatic rings. The van der Waals surface area contributed by atoms with Gasteiger partial charge in [-0.25, -0.2) is 24.9 Å². The van der Waals surface area contributed by atoms with Gasteiger partial charge in [-0.2, -0.15) is 5.10 Å². The SMILES string of the molecule is C.C.C.C.C.C.C.C.CC(C)C1(c2ccccn2)CC1.CC(C)Cc1ccccn1.CC(C)Cc1ccnn1C.CC(C)Cc1cscn1.CC(C)c1cncnc1.CCON=CC(C)C.CON=CC(C)C.Cc1cnc(C(C)C)cn1.Cc1cnc(C(C)C)nc1. The van der Waals surface area contributed by atoms with Crippen LogP contribution in [0.1, 0.15) is 273 Å². The summed E-state index contributed by atoms with van der Waals surface area (Å²) in [6.45, 7) is 45.2. The highest BCUT2D eigenvalue weighted by Crippen LogP contribution is 2.52. The van der Waals surface area contributed by atoms with Gasteiger partial charge in [0.15, 0.2) is 0 Å². The molecule has 7 aromatic heterocycles. The molecular formula is C77H143N13O2S. The molecule has 0 radical (unpaired) electrons. The van der Waals surface area contributed by atoms with Crippen LogP contribution in [-0.2, 0) is 41.4 Å². The van der Waals surface area contributed by atoms with Gasteiger partial charge in [-0.15, -0.1) is 11.3 Å². The van der Waals surface area contributed by atoms with Crippen molar-refractivity contribution in [2.24, 2.45) is 52.9 Å². The van der Waals surface area contributed by atoms with E-state index in [4.69, 9.17) is 4.84 Å². The number of thiazole rings is 1. The van der Waals surface area contributed by atoms with E-state index in [2.05, 4.69) is 206 Å². The van der Waals surface area contributed by atoms with Gasteiger partial charge in [0.1, 0.15) is 25.9 Å². The zero-order valence-corrected chi connectivity index (χ0v) is 57.4. The standard InChI is InChI=1S/C11H15N.C9H13N.2C8H12N2.C8H14N2.C7H10N2.C7H11NS.C6H13NO.C5H11NO.8CH4/c1-9(2)11(6-7-11)10-5-3-4-8-12-10;1-8(2)7-9-5-3-4-6-10-9;1-6(2)8-5-9-7(3)4-10-8;1-6(2)8-9-4-7(3)5-10-8;1-7(2)6-8-4-5-9-10(8)3;1-6(2)7-3-8-5-9-4-7;1-6(2)3-7-4-9-5-8-7;1-4-8-7-5-6(2)3;1-5(2)4-6-7-3;;;;;;;;/h3-5,8-9H,6-7H2,1-2H3;3-6,8H,7H2,1-2H3;2*4-6H,1-3H3;4-5,7H,6H2,1-3H3;3-6H,1-2H3;4-6H,3H2,1-2H3;5-6H,4H2,1-3H3;4-5H,1-3H3;8*1H4. The third-order valence-corrected chi connectivity index (χ3v) is 12.7. The predicted octanol–water partition coefficient (Wildman–Crippen LogP) is 22.5. The average molecular weight is 1320 g/mol. The lowest BCUT2D eigenvalue weighted by molar-refractivity contribution is 0.159. The molecule has 0 aliphatic heterocycles. The van der Waals surface area contributed by atoms with Crippen molar-refractivity contribution in [1.82, 2.24) is 54.6 Å². The van der Waals surface area contributed by atoms with Gasteiger partial charge < -0.3 is 9.68 Å². The molecular weight excluding hydrogens is 1170 g/mol. The largest absolute Gasteiger partial charge is 0.399 e. The van der Waals surface area contributed by atoms with Crippen molar-refractivity contribution in [2.45, 2.75) is 260 Å². The highest BCUT2D eigenvalue weighted by molar-refractivity contribution is 7.07. The van der Waals surface area contributed by atoms with Crippen LogP contribution in [0.4, 0.5) is 0 Å². The smallest absolute Gasteiger partial charge is 0.130 e. The first-order valence-electron chi connectivity index (χ1n) is 30.5. The fraction of sp³-hybridized carbons (Fsp3) is 0.610. The highest BCUT2D eigenvalue weighted by atomic mass is 32.1. The summed E-state index contributed by atoms with van der Waals surface area (Å²) in [7, 11) is 3.52. The van der Waals surface area contributed by atoms with E-state index >= 15 is 0 Å². The summed E-state index contributed by atoms with van der Waals surface area (Å²) in [6.07, 6.45) is 27.7. The van der Waals surface area contributed by atoms with E-state index in [-0.39, 0.29) is 59.4 Å². The van der Waals surface area contributed by atoms with Crippen molar-refractivity contribution < 1.29 is 9.68 Å². The van der Waals surface area contributed by atoms with E-state index in [9.17, 15) is 0 Å². The van der Waals surface area contributed by atoms with Crippen molar-refractivity contribution in [3.05, 3.63) is 167 Å². The number of nitrogens with zero attached hydrogens (tertiary/aromatic N) is 13. The Balaban J connectivity index is -0.000000121. The first-order chi connectivity index (χ1) is 40.3. The summed E-state index contributed by atoms with van der Waals surface area (Å²) in [5.74, 6) is 6.22. The number of rotatable bonds is 16. The summed E-state index contributed by atoms with van der Waals surface area (Å²) < 4.78 is 1.93. The monoisotopic (exact) mass is 1310 g/mol. The van der Waals surface area contributed by atoms with Gasteiger partial charge in [-0.05, 0) is 142 Å². The van der Waals surface area contributed by atoms with Gasteiger partial charge in [-0.1, -0.05) is 206 Å². The van der Waals surface area contributed by atoms with Crippen LogP contribution in [0.15, 0.2) is 126 Å². The minimum atomic E-state index is 0. The second-order valence-corrected chi connectivity index (χ2v) is 24.7. The molecule has 15 nitrogen and oxygen atoms in total. The quantitative estimate of drug-likeness (QED) is 0.0662. The topological polar surface area (TPSA) is 177 Å².